The molecule has 31 heavy (non-hydrogen) atoms. The van der Waals surface area contributed by atoms with Gasteiger partial charge in [0.1, 0.15) is 11.3 Å². The van der Waals surface area contributed by atoms with Crippen LogP contribution in [-0.4, -0.2) is 45.7 Å². The Hall–Kier alpha value is -2.44. The molecule has 2 N–H and O–H groups in total. The highest BCUT2D eigenvalue weighted by Gasteiger charge is 2.24. The van der Waals surface area contributed by atoms with Crippen molar-refractivity contribution in [3.8, 4) is 16.3 Å². The van der Waals surface area contributed by atoms with E-state index in [1.807, 2.05) is 25.1 Å². The van der Waals surface area contributed by atoms with Crippen molar-refractivity contribution in [3.63, 3.8) is 0 Å². The van der Waals surface area contributed by atoms with Crippen molar-refractivity contribution in [1.82, 2.24) is 9.88 Å². The van der Waals surface area contributed by atoms with Gasteiger partial charge in [0.2, 0.25) is 0 Å². The van der Waals surface area contributed by atoms with E-state index in [1.54, 1.807) is 6.07 Å². The number of carboxylic acid groups (broad SMARTS) is 1. The molecule has 4 rings (SSSR count). The molecule has 3 aromatic rings. The first-order valence-corrected chi connectivity index (χ1v) is 11.9. The number of thiophene rings is 1. The normalized spacial score (nSPS) is 13.1. The van der Waals surface area contributed by atoms with E-state index in [0.717, 1.165) is 46.5 Å². The predicted octanol–water partition coefficient (Wildman–Crippen LogP) is 5.90. The van der Waals surface area contributed by atoms with Gasteiger partial charge in [-0.3, -0.25) is 0 Å². The molecule has 2 heterocycles. The molecule has 0 amide bonds. The van der Waals surface area contributed by atoms with Crippen molar-refractivity contribution in [1.29, 1.82) is 0 Å². The lowest BCUT2D eigenvalue weighted by Gasteiger charge is -2.19. The molecule has 166 valence electrons. The molecule has 0 spiro atoms. The van der Waals surface area contributed by atoms with Gasteiger partial charge < -0.3 is 15.1 Å². The van der Waals surface area contributed by atoms with Crippen LogP contribution >= 0.6 is 11.3 Å². The number of aromatic carboxylic acids is 1. The Bertz CT molecular complexity index is 1060. The summed E-state index contributed by atoms with van der Waals surface area (Å²) in [7, 11) is 0. The summed E-state index contributed by atoms with van der Waals surface area (Å²) in [4.78, 5) is 20.8. The maximum absolute atomic E-state index is 11.8. The molecule has 0 atom stereocenters. The molecule has 1 aliphatic carbocycles. The Morgan fingerprint density at radius 1 is 1.06 bits per heavy atom. The summed E-state index contributed by atoms with van der Waals surface area (Å²) in [6.45, 7) is 12.1. The van der Waals surface area contributed by atoms with Gasteiger partial charge in [0.05, 0.1) is 10.4 Å². The number of carboxylic acids is 1. The zero-order valence-corrected chi connectivity index (χ0v) is 19.7. The molecule has 0 saturated heterocycles. The Kier molecular flexibility index (Phi) is 7.68. The van der Waals surface area contributed by atoms with Crippen LogP contribution in [0.1, 0.15) is 60.0 Å². The van der Waals surface area contributed by atoms with Crippen LogP contribution in [0.2, 0.25) is 0 Å². The third-order valence-electron chi connectivity index (χ3n) is 5.99. The lowest BCUT2D eigenvalue weighted by atomic mass is 9.88. The van der Waals surface area contributed by atoms with Crippen LogP contribution in [0.4, 0.5) is 0 Å². The molecule has 2 aromatic heterocycles. The number of aromatic hydroxyl groups is 1. The van der Waals surface area contributed by atoms with E-state index in [9.17, 15) is 15.0 Å². The second kappa shape index (κ2) is 10.2. The van der Waals surface area contributed by atoms with Crippen LogP contribution in [-0.2, 0) is 12.8 Å². The molecule has 0 radical (unpaired) electrons. The highest BCUT2D eigenvalue weighted by atomic mass is 32.1. The number of hydrogen-bond donors (Lipinski definition) is 2. The second-order valence-electron chi connectivity index (χ2n) is 7.83. The average molecular weight is 441 g/mol. The number of rotatable bonds is 5. The van der Waals surface area contributed by atoms with Crippen molar-refractivity contribution >= 4 is 28.2 Å². The van der Waals surface area contributed by atoms with Gasteiger partial charge in [-0.15, -0.1) is 11.3 Å². The zero-order chi connectivity index (χ0) is 22.5. The van der Waals surface area contributed by atoms with E-state index in [-0.39, 0.29) is 11.3 Å². The van der Waals surface area contributed by atoms with E-state index in [2.05, 4.69) is 25.7 Å². The first-order chi connectivity index (χ1) is 14.9. The summed E-state index contributed by atoms with van der Waals surface area (Å²) in [6, 6.07) is 7.61. The van der Waals surface area contributed by atoms with Crippen molar-refractivity contribution in [2.45, 2.75) is 53.4 Å². The number of aromatic nitrogens is 1. The van der Waals surface area contributed by atoms with Gasteiger partial charge in [0, 0.05) is 10.3 Å². The predicted molar refractivity (Wildman–Crippen MR) is 129 cm³/mol. The highest BCUT2D eigenvalue weighted by molar-refractivity contribution is 7.15. The Morgan fingerprint density at radius 3 is 2.29 bits per heavy atom. The fraction of sp³-hybridized carbons (Fsp3) is 0.440. The van der Waals surface area contributed by atoms with Gasteiger partial charge in [-0.05, 0) is 75.5 Å². The van der Waals surface area contributed by atoms with E-state index in [0.29, 0.717) is 11.1 Å². The summed E-state index contributed by atoms with van der Waals surface area (Å²) in [5, 5.41) is 20.8. The lowest BCUT2D eigenvalue weighted by molar-refractivity contribution is 0.0696. The van der Waals surface area contributed by atoms with Crippen molar-refractivity contribution in [2.24, 2.45) is 0 Å². The fourth-order valence-corrected chi connectivity index (χ4v) is 5.03. The number of benzene rings is 1. The largest absolute Gasteiger partial charge is 0.505 e. The second-order valence-corrected chi connectivity index (χ2v) is 9.11. The fourth-order valence-electron chi connectivity index (χ4n) is 4.17. The van der Waals surface area contributed by atoms with Crippen LogP contribution in [0.3, 0.4) is 0 Å². The molecule has 0 unspecified atom stereocenters. The number of carbonyl (C=O) groups is 1. The number of fused-ring (bicyclic) bond motifs is 3. The third kappa shape index (κ3) is 4.91. The van der Waals surface area contributed by atoms with Gasteiger partial charge >= 0.3 is 5.97 Å². The molecular formula is C25H32N2O3S. The van der Waals surface area contributed by atoms with E-state index in [4.69, 9.17) is 4.98 Å². The number of aryl methyl sites for hydroxylation is 3. The first-order valence-electron chi connectivity index (χ1n) is 11.1. The first kappa shape index (κ1) is 23.2. The van der Waals surface area contributed by atoms with E-state index in [1.165, 1.54) is 36.5 Å². The summed E-state index contributed by atoms with van der Waals surface area (Å²) in [5.74, 6) is -1.36. The van der Waals surface area contributed by atoms with E-state index >= 15 is 0 Å². The molecule has 1 aromatic carbocycles. The molecular weight excluding hydrogens is 408 g/mol. The number of pyridine rings is 1. The standard InChI is InChI=1S/C19H17NO3S.C6H15N/c1-10-6-9-14(24-10)17-18(21)15(19(22)23)13-8-7-11-4-2-3-5-12(11)16(13)20-17;1-4-7(5-2)6-3/h6-9,21H,2-5H2,1H3,(H,22,23);4-6H2,1-3H3. The zero-order valence-electron chi connectivity index (χ0n) is 18.9. The van der Waals surface area contributed by atoms with E-state index < -0.39 is 5.97 Å². The maximum Gasteiger partial charge on any atom is 0.340 e. The SMILES string of the molecule is CCN(CC)CC.Cc1ccc(-c2nc3c4c(ccc3c(C(=O)O)c2O)CCCC4)s1. The van der Waals surface area contributed by atoms with Gasteiger partial charge in [-0.2, -0.15) is 0 Å². The van der Waals surface area contributed by atoms with Gasteiger partial charge in [0.15, 0.2) is 5.75 Å². The minimum absolute atomic E-state index is 0.0468. The average Bonchev–Trinajstić information content (AvgIpc) is 3.20. The van der Waals surface area contributed by atoms with Gasteiger partial charge in [0.25, 0.3) is 0 Å². The van der Waals surface area contributed by atoms with Crippen molar-refractivity contribution in [2.75, 3.05) is 19.6 Å². The molecule has 6 heteroatoms. The third-order valence-corrected chi connectivity index (χ3v) is 6.99. The van der Waals surface area contributed by atoms with Crippen LogP contribution in [0.25, 0.3) is 21.5 Å². The molecule has 0 aliphatic heterocycles. The Morgan fingerprint density at radius 2 is 1.74 bits per heavy atom. The van der Waals surface area contributed by atoms with Crippen LogP contribution in [0, 0.1) is 6.92 Å². The number of hydrogen-bond acceptors (Lipinski definition) is 5. The molecule has 0 saturated carbocycles. The summed E-state index contributed by atoms with van der Waals surface area (Å²) in [6.07, 6.45) is 4.15. The molecule has 1 aliphatic rings. The van der Waals surface area contributed by atoms with Gasteiger partial charge in [-0.25, -0.2) is 9.78 Å². The summed E-state index contributed by atoms with van der Waals surface area (Å²) in [5.41, 5.74) is 3.43. The lowest BCUT2D eigenvalue weighted by Crippen LogP contribution is -2.21. The Balaban J connectivity index is 0.000000339. The molecule has 0 fully saturated rings. The van der Waals surface area contributed by atoms with Crippen LogP contribution in [0.5, 0.6) is 5.75 Å². The Labute approximate surface area is 188 Å². The van der Waals surface area contributed by atoms with Crippen molar-refractivity contribution in [3.05, 3.63) is 45.8 Å². The maximum atomic E-state index is 11.8. The quantitative estimate of drug-likeness (QED) is 0.516. The summed E-state index contributed by atoms with van der Waals surface area (Å²) >= 11 is 1.51. The topological polar surface area (TPSA) is 73.7 Å². The molecule has 0 bridgehead atoms. The van der Waals surface area contributed by atoms with Crippen LogP contribution in [0.15, 0.2) is 24.3 Å². The smallest absolute Gasteiger partial charge is 0.340 e. The van der Waals surface area contributed by atoms with Crippen molar-refractivity contribution < 1.29 is 15.0 Å². The number of nitrogens with zero attached hydrogens (tertiary/aromatic N) is 2. The van der Waals surface area contributed by atoms with Gasteiger partial charge in [-0.1, -0.05) is 32.9 Å². The monoisotopic (exact) mass is 440 g/mol. The minimum atomic E-state index is -1.12. The highest BCUT2D eigenvalue weighted by Crippen LogP contribution is 2.40. The minimum Gasteiger partial charge on any atom is -0.505 e. The molecule has 5 nitrogen and oxygen atoms in total. The summed E-state index contributed by atoms with van der Waals surface area (Å²) < 4.78 is 0. The van der Waals surface area contributed by atoms with Crippen LogP contribution < -0.4 is 0 Å².